The van der Waals surface area contributed by atoms with Gasteiger partial charge in [0.25, 0.3) is 0 Å². The Labute approximate surface area is 181 Å². The number of anilines is 1. The highest BCUT2D eigenvalue weighted by atomic mass is 32.2. The summed E-state index contributed by atoms with van der Waals surface area (Å²) < 4.78 is 27.1. The van der Waals surface area contributed by atoms with Gasteiger partial charge >= 0.3 is 5.97 Å². The molecule has 8 nitrogen and oxygen atoms in total. The number of fused-ring (bicyclic) bond motifs is 1. The Morgan fingerprint density at radius 3 is 2.48 bits per heavy atom. The molecule has 0 fully saturated rings. The Morgan fingerprint density at radius 2 is 1.81 bits per heavy atom. The maximum atomic E-state index is 12.6. The minimum atomic E-state index is -3.61. The molecule has 0 spiro atoms. The van der Waals surface area contributed by atoms with Gasteiger partial charge in [-0.3, -0.25) is 9.52 Å². The molecule has 0 radical (unpaired) electrons. The van der Waals surface area contributed by atoms with Crippen molar-refractivity contribution in [2.75, 3.05) is 11.0 Å². The van der Waals surface area contributed by atoms with Crippen LogP contribution in [0.4, 0.5) is 5.13 Å². The Kier molecular flexibility index (Phi) is 5.34. The van der Waals surface area contributed by atoms with E-state index in [1.54, 1.807) is 4.57 Å². The maximum Gasteiger partial charge on any atom is 0.341 e. The fourth-order valence-electron chi connectivity index (χ4n) is 3.27. The Hall–Kier alpha value is -3.50. The Bertz CT molecular complexity index is 1460. The minimum absolute atomic E-state index is 0.00207. The summed E-state index contributed by atoms with van der Waals surface area (Å²) in [6.45, 7) is 0.267. The van der Waals surface area contributed by atoms with Crippen LogP contribution in [-0.4, -0.2) is 35.3 Å². The first-order valence-electron chi connectivity index (χ1n) is 9.11. The van der Waals surface area contributed by atoms with Gasteiger partial charge in [-0.15, -0.1) is 0 Å². The smallest absolute Gasteiger partial charge is 0.341 e. The van der Waals surface area contributed by atoms with Crippen molar-refractivity contribution in [3.8, 4) is 11.1 Å². The van der Waals surface area contributed by atoms with Crippen LogP contribution in [0.25, 0.3) is 21.5 Å². The van der Waals surface area contributed by atoms with Gasteiger partial charge in [-0.2, -0.15) is 0 Å². The van der Waals surface area contributed by atoms with Crippen LogP contribution in [0.1, 0.15) is 15.9 Å². The van der Waals surface area contributed by atoms with Crippen molar-refractivity contribution >= 4 is 42.8 Å². The number of pyridine rings is 1. The lowest BCUT2D eigenvalue weighted by Gasteiger charge is -2.13. The van der Waals surface area contributed by atoms with Gasteiger partial charge in [-0.1, -0.05) is 65.9 Å². The molecule has 2 aromatic carbocycles. The zero-order chi connectivity index (χ0) is 22.2. The summed E-state index contributed by atoms with van der Waals surface area (Å²) in [5.74, 6) is -1.37. The topological polar surface area (TPSA) is 118 Å². The second-order valence-corrected chi connectivity index (χ2v) is 9.60. The van der Waals surface area contributed by atoms with Crippen molar-refractivity contribution in [1.82, 2.24) is 9.55 Å². The lowest BCUT2D eigenvalue weighted by atomic mass is 9.99. The Balaban J connectivity index is 1.89. The van der Waals surface area contributed by atoms with E-state index in [1.165, 1.54) is 6.20 Å². The number of carbonyl (C=O) groups is 1. The molecule has 0 saturated heterocycles. The number of aromatic carboxylic acids is 1. The predicted octanol–water partition coefficient (Wildman–Crippen LogP) is 3.24. The van der Waals surface area contributed by atoms with Crippen molar-refractivity contribution in [3.05, 3.63) is 82.1 Å². The highest BCUT2D eigenvalue weighted by Gasteiger charge is 2.20. The number of aromatic nitrogens is 2. The third-order valence-electron chi connectivity index (χ3n) is 4.56. The fraction of sp³-hybridized carbons (Fsp3) is 0.0952. The number of rotatable bonds is 6. The monoisotopic (exact) mass is 455 g/mol. The van der Waals surface area contributed by atoms with E-state index < -0.39 is 27.0 Å². The number of hydrogen-bond donors (Lipinski definition) is 2. The summed E-state index contributed by atoms with van der Waals surface area (Å²) in [5.41, 5.74) is 1.59. The van der Waals surface area contributed by atoms with E-state index in [-0.39, 0.29) is 17.2 Å². The third kappa shape index (κ3) is 4.35. The second kappa shape index (κ2) is 7.97. The van der Waals surface area contributed by atoms with Gasteiger partial charge in [0.15, 0.2) is 5.13 Å². The summed E-state index contributed by atoms with van der Waals surface area (Å²) in [4.78, 5) is 28.7. The first-order chi connectivity index (χ1) is 14.7. The molecule has 0 unspecified atom stereocenters. The maximum absolute atomic E-state index is 12.6. The summed E-state index contributed by atoms with van der Waals surface area (Å²) >= 11 is 0.975. The second-order valence-electron chi connectivity index (χ2n) is 6.88. The molecule has 4 rings (SSSR count). The SMILES string of the molecule is CS(=O)(=O)Nc1nc2c(=O)c(C(=O)O)cn(Cc3ccccc3-c3ccccc3)c2s1. The molecule has 4 aromatic rings. The van der Waals surface area contributed by atoms with Gasteiger partial charge in [0.05, 0.1) is 6.26 Å². The molecule has 0 aliphatic heterocycles. The number of nitrogens with zero attached hydrogens (tertiary/aromatic N) is 2. The number of hydrogen-bond acceptors (Lipinski definition) is 6. The van der Waals surface area contributed by atoms with E-state index in [9.17, 15) is 23.1 Å². The van der Waals surface area contributed by atoms with Crippen molar-refractivity contribution < 1.29 is 18.3 Å². The van der Waals surface area contributed by atoms with Crippen molar-refractivity contribution in [1.29, 1.82) is 0 Å². The lowest BCUT2D eigenvalue weighted by molar-refractivity contribution is 0.0695. The Morgan fingerprint density at radius 1 is 1.13 bits per heavy atom. The molecule has 158 valence electrons. The van der Waals surface area contributed by atoms with E-state index in [2.05, 4.69) is 9.71 Å². The molecule has 0 amide bonds. The molecule has 10 heteroatoms. The standard InChI is InChI=1S/C21H17N3O5S2/c1-31(28,29)23-21-22-17-18(25)16(20(26)27)12-24(19(17)30-21)11-14-9-5-6-10-15(14)13-7-3-2-4-8-13/h2-10,12H,11H2,1H3,(H,22,23)(H,26,27). The molecule has 0 bridgehead atoms. The summed E-state index contributed by atoms with van der Waals surface area (Å²) in [6.07, 6.45) is 2.25. The largest absolute Gasteiger partial charge is 0.477 e. The van der Waals surface area contributed by atoms with Crippen LogP contribution in [-0.2, 0) is 16.6 Å². The van der Waals surface area contributed by atoms with Crippen LogP contribution in [0.3, 0.4) is 0 Å². The summed E-state index contributed by atoms with van der Waals surface area (Å²) in [7, 11) is -3.61. The quantitative estimate of drug-likeness (QED) is 0.461. The molecule has 0 atom stereocenters. The van der Waals surface area contributed by atoms with E-state index in [0.29, 0.717) is 4.83 Å². The highest BCUT2D eigenvalue weighted by Crippen LogP contribution is 2.28. The van der Waals surface area contributed by atoms with Crippen LogP contribution >= 0.6 is 11.3 Å². The molecule has 0 saturated carbocycles. The zero-order valence-corrected chi connectivity index (χ0v) is 17.9. The molecular weight excluding hydrogens is 438 g/mol. The average Bonchev–Trinajstić information content (AvgIpc) is 3.13. The van der Waals surface area contributed by atoms with Gasteiger partial charge in [0, 0.05) is 12.7 Å². The van der Waals surface area contributed by atoms with Gasteiger partial charge in [0.2, 0.25) is 15.5 Å². The molecule has 0 aliphatic carbocycles. The number of carboxylic acids is 1. The highest BCUT2D eigenvalue weighted by molar-refractivity contribution is 7.92. The average molecular weight is 456 g/mol. The number of benzene rings is 2. The fourth-order valence-corrected chi connectivity index (χ4v) is 5.04. The first kappa shape index (κ1) is 20.8. The van der Waals surface area contributed by atoms with E-state index in [1.807, 2.05) is 54.6 Å². The number of nitrogens with one attached hydrogen (secondary N) is 1. The number of sulfonamides is 1. The van der Waals surface area contributed by atoms with Crippen LogP contribution in [0.5, 0.6) is 0 Å². The van der Waals surface area contributed by atoms with Crippen molar-refractivity contribution in [2.45, 2.75) is 6.54 Å². The number of thiazole rings is 1. The lowest BCUT2D eigenvalue weighted by Crippen LogP contribution is -2.19. The zero-order valence-electron chi connectivity index (χ0n) is 16.3. The minimum Gasteiger partial charge on any atom is -0.477 e. The first-order valence-corrected chi connectivity index (χ1v) is 11.8. The van der Waals surface area contributed by atoms with Gasteiger partial charge in [0.1, 0.15) is 15.9 Å². The molecular formula is C21H17N3O5S2. The summed E-state index contributed by atoms with van der Waals surface area (Å²) in [5, 5.41) is 9.49. The molecule has 2 heterocycles. The van der Waals surface area contributed by atoms with Crippen molar-refractivity contribution in [2.24, 2.45) is 0 Å². The van der Waals surface area contributed by atoms with Crippen LogP contribution in [0.15, 0.2) is 65.6 Å². The third-order valence-corrected chi connectivity index (χ3v) is 6.26. The van der Waals surface area contributed by atoms with Gasteiger partial charge in [-0.25, -0.2) is 18.2 Å². The summed E-state index contributed by atoms with van der Waals surface area (Å²) in [6, 6.07) is 17.4. The van der Waals surface area contributed by atoms with E-state index in [4.69, 9.17) is 0 Å². The van der Waals surface area contributed by atoms with Crippen LogP contribution in [0, 0.1) is 0 Å². The molecule has 2 N–H and O–H groups in total. The van der Waals surface area contributed by atoms with Crippen LogP contribution in [0.2, 0.25) is 0 Å². The van der Waals surface area contributed by atoms with E-state index >= 15 is 0 Å². The van der Waals surface area contributed by atoms with Gasteiger partial charge in [-0.05, 0) is 16.7 Å². The molecule has 0 aliphatic rings. The van der Waals surface area contributed by atoms with E-state index in [0.717, 1.165) is 34.3 Å². The number of carboxylic acid groups (broad SMARTS) is 1. The van der Waals surface area contributed by atoms with Crippen LogP contribution < -0.4 is 10.2 Å². The molecule has 2 aromatic heterocycles. The predicted molar refractivity (Wildman–Crippen MR) is 120 cm³/mol. The van der Waals surface area contributed by atoms with Crippen molar-refractivity contribution in [3.63, 3.8) is 0 Å². The van der Waals surface area contributed by atoms with Gasteiger partial charge < -0.3 is 9.67 Å². The normalized spacial score (nSPS) is 11.5. The molecule has 31 heavy (non-hydrogen) atoms.